The second-order valence-electron chi connectivity index (χ2n) is 4.45. The topological polar surface area (TPSA) is 65.3 Å². The number of nitro groups is 1. The van der Waals surface area contributed by atoms with Crippen molar-refractivity contribution >= 4 is 17.8 Å². The number of pyridine rings is 1. The summed E-state index contributed by atoms with van der Waals surface area (Å²) in [5.74, 6) is 0.427. The van der Waals surface area contributed by atoms with Gasteiger partial charge in [-0.05, 0) is 25.5 Å². The van der Waals surface area contributed by atoms with Crippen LogP contribution in [0.4, 0.5) is 5.69 Å². The Morgan fingerprint density at radius 3 is 2.62 bits per heavy atom. The van der Waals surface area contributed by atoms with Crippen LogP contribution in [-0.4, -0.2) is 16.5 Å². The molecule has 0 aliphatic heterocycles. The number of hydrogen-bond donors (Lipinski definition) is 0. The molecule has 108 valence electrons. The quantitative estimate of drug-likeness (QED) is 0.617. The molecular formula is C16H16N2O3. The van der Waals surface area contributed by atoms with Crippen molar-refractivity contribution in [2.75, 3.05) is 6.61 Å². The monoisotopic (exact) mass is 284 g/mol. The molecular weight excluding hydrogens is 268 g/mol. The summed E-state index contributed by atoms with van der Waals surface area (Å²) >= 11 is 0. The predicted octanol–water partition coefficient (Wildman–Crippen LogP) is 3.87. The first-order valence-electron chi connectivity index (χ1n) is 6.63. The van der Waals surface area contributed by atoms with Gasteiger partial charge in [0.25, 0.3) is 5.69 Å². The Balaban J connectivity index is 2.42. The highest BCUT2D eigenvalue weighted by Crippen LogP contribution is 2.26. The van der Waals surface area contributed by atoms with Crippen LogP contribution in [0.15, 0.2) is 36.4 Å². The highest BCUT2D eigenvalue weighted by molar-refractivity contribution is 5.72. The van der Waals surface area contributed by atoms with E-state index in [1.807, 2.05) is 37.3 Å². The van der Waals surface area contributed by atoms with E-state index in [0.717, 1.165) is 5.56 Å². The molecule has 5 heteroatoms. The zero-order valence-electron chi connectivity index (χ0n) is 11.9. The lowest BCUT2D eigenvalue weighted by Gasteiger charge is -2.07. The third-order valence-corrected chi connectivity index (χ3v) is 2.89. The van der Waals surface area contributed by atoms with Crippen molar-refractivity contribution in [1.82, 2.24) is 4.98 Å². The van der Waals surface area contributed by atoms with Crippen LogP contribution in [0.2, 0.25) is 0 Å². The zero-order valence-corrected chi connectivity index (χ0v) is 11.9. The van der Waals surface area contributed by atoms with E-state index in [2.05, 4.69) is 4.98 Å². The minimum Gasteiger partial charge on any atom is -0.478 e. The summed E-state index contributed by atoms with van der Waals surface area (Å²) in [5.41, 5.74) is 1.87. The third-order valence-electron chi connectivity index (χ3n) is 2.89. The molecule has 0 radical (unpaired) electrons. The second kappa shape index (κ2) is 6.65. The molecule has 1 aromatic heterocycles. The molecule has 2 aromatic rings. The third kappa shape index (κ3) is 3.66. The normalized spacial score (nSPS) is 10.8. The Morgan fingerprint density at radius 2 is 2.00 bits per heavy atom. The molecule has 0 unspecified atom stereocenters. The summed E-state index contributed by atoms with van der Waals surface area (Å²) in [6.45, 7) is 4.06. The molecule has 0 saturated heterocycles. The second-order valence-corrected chi connectivity index (χ2v) is 4.45. The Labute approximate surface area is 123 Å². The lowest BCUT2D eigenvalue weighted by atomic mass is 10.1. The number of aryl methyl sites for hydroxylation is 1. The molecule has 0 aliphatic carbocycles. The molecule has 5 nitrogen and oxygen atoms in total. The van der Waals surface area contributed by atoms with Gasteiger partial charge < -0.3 is 4.74 Å². The molecule has 0 fully saturated rings. The molecule has 0 aliphatic rings. The van der Waals surface area contributed by atoms with Gasteiger partial charge in [-0.15, -0.1) is 0 Å². The van der Waals surface area contributed by atoms with Crippen LogP contribution >= 0.6 is 0 Å². The van der Waals surface area contributed by atoms with E-state index in [1.165, 1.54) is 6.07 Å². The smallest absolute Gasteiger partial charge is 0.295 e. The van der Waals surface area contributed by atoms with Gasteiger partial charge in [-0.3, -0.25) is 10.1 Å². The standard InChI is InChI=1S/C16H16N2O3/c1-3-21-16-12(2)11-15(18(19)20)14(17-16)10-9-13-7-5-4-6-8-13/h4-11H,3H2,1-2H3/b10-9+. The molecule has 0 saturated carbocycles. The Morgan fingerprint density at radius 1 is 1.29 bits per heavy atom. The number of nitrogens with zero attached hydrogens (tertiary/aromatic N) is 2. The summed E-state index contributed by atoms with van der Waals surface area (Å²) in [4.78, 5) is 15.0. The van der Waals surface area contributed by atoms with Gasteiger partial charge in [0.2, 0.25) is 5.88 Å². The van der Waals surface area contributed by atoms with E-state index in [9.17, 15) is 10.1 Å². The maximum Gasteiger partial charge on any atom is 0.295 e. The van der Waals surface area contributed by atoms with Crippen LogP contribution in [0.25, 0.3) is 12.2 Å². The first-order valence-corrected chi connectivity index (χ1v) is 6.63. The van der Waals surface area contributed by atoms with Gasteiger partial charge in [0.05, 0.1) is 11.5 Å². The van der Waals surface area contributed by atoms with Gasteiger partial charge in [0.1, 0.15) is 5.69 Å². The van der Waals surface area contributed by atoms with Crippen LogP contribution < -0.4 is 4.74 Å². The van der Waals surface area contributed by atoms with E-state index in [-0.39, 0.29) is 11.4 Å². The van der Waals surface area contributed by atoms with E-state index in [4.69, 9.17) is 4.74 Å². The molecule has 21 heavy (non-hydrogen) atoms. The van der Waals surface area contributed by atoms with Gasteiger partial charge >= 0.3 is 0 Å². The molecule has 0 N–H and O–H groups in total. The molecule has 1 heterocycles. The molecule has 2 rings (SSSR count). The van der Waals surface area contributed by atoms with Crippen molar-refractivity contribution in [2.24, 2.45) is 0 Å². The number of rotatable bonds is 5. The van der Waals surface area contributed by atoms with Crippen molar-refractivity contribution in [1.29, 1.82) is 0 Å². The van der Waals surface area contributed by atoms with Gasteiger partial charge in [-0.1, -0.05) is 36.4 Å². The van der Waals surface area contributed by atoms with E-state index < -0.39 is 4.92 Å². The first-order chi connectivity index (χ1) is 10.1. The summed E-state index contributed by atoms with van der Waals surface area (Å²) < 4.78 is 5.40. The summed E-state index contributed by atoms with van der Waals surface area (Å²) in [5, 5.41) is 11.1. The average molecular weight is 284 g/mol. The summed E-state index contributed by atoms with van der Waals surface area (Å²) in [6, 6.07) is 11.0. The Hall–Kier alpha value is -2.69. The van der Waals surface area contributed by atoms with Crippen LogP contribution in [-0.2, 0) is 0 Å². The maximum atomic E-state index is 11.1. The molecule has 0 atom stereocenters. The summed E-state index contributed by atoms with van der Waals surface area (Å²) in [6.07, 6.45) is 3.43. The fraction of sp³-hybridized carbons (Fsp3) is 0.188. The fourth-order valence-electron chi connectivity index (χ4n) is 1.89. The minimum atomic E-state index is -0.430. The molecule has 0 spiro atoms. The van der Waals surface area contributed by atoms with Gasteiger partial charge in [-0.25, -0.2) is 4.98 Å². The maximum absolute atomic E-state index is 11.1. The van der Waals surface area contributed by atoms with Gasteiger partial charge in [-0.2, -0.15) is 0 Å². The van der Waals surface area contributed by atoms with E-state index >= 15 is 0 Å². The van der Waals surface area contributed by atoms with Crippen LogP contribution in [0, 0.1) is 17.0 Å². The van der Waals surface area contributed by atoms with Crippen molar-refractivity contribution < 1.29 is 9.66 Å². The minimum absolute atomic E-state index is 0.0249. The van der Waals surface area contributed by atoms with Crippen molar-refractivity contribution in [2.45, 2.75) is 13.8 Å². The highest BCUT2D eigenvalue weighted by atomic mass is 16.6. The highest BCUT2D eigenvalue weighted by Gasteiger charge is 2.17. The molecule has 0 bridgehead atoms. The van der Waals surface area contributed by atoms with Crippen molar-refractivity contribution in [3.63, 3.8) is 0 Å². The van der Waals surface area contributed by atoms with E-state index in [0.29, 0.717) is 18.1 Å². The lowest BCUT2D eigenvalue weighted by Crippen LogP contribution is -2.01. The van der Waals surface area contributed by atoms with Crippen LogP contribution in [0.5, 0.6) is 5.88 Å². The van der Waals surface area contributed by atoms with Crippen LogP contribution in [0.1, 0.15) is 23.7 Å². The number of hydrogen-bond acceptors (Lipinski definition) is 4. The van der Waals surface area contributed by atoms with Crippen LogP contribution in [0.3, 0.4) is 0 Å². The van der Waals surface area contributed by atoms with Gasteiger partial charge in [0.15, 0.2) is 0 Å². The van der Waals surface area contributed by atoms with E-state index in [1.54, 1.807) is 19.1 Å². The first kappa shape index (κ1) is 14.7. The van der Waals surface area contributed by atoms with Gasteiger partial charge in [0, 0.05) is 11.6 Å². The SMILES string of the molecule is CCOc1nc(/C=C/c2ccccc2)c([N+](=O)[O-])cc1C. The Kier molecular flexibility index (Phi) is 4.66. The fourth-order valence-corrected chi connectivity index (χ4v) is 1.89. The Bertz CT molecular complexity index is 667. The largest absolute Gasteiger partial charge is 0.478 e. The molecule has 1 aromatic carbocycles. The molecule has 0 amide bonds. The summed E-state index contributed by atoms with van der Waals surface area (Å²) in [7, 11) is 0. The zero-order chi connectivity index (χ0) is 15.2. The van der Waals surface area contributed by atoms with Crippen molar-refractivity contribution in [3.8, 4) is 5.88 Å². The number of benzene rings is 1. The lowest BCUT2D eigenvalue weighted by molar-refractivity contribution is -0.385. The number of aromatic nitrogens is 1. The van der Waals surface area contributed by atoms with Crippen molar-refractivity contribution in [3.05, 3.63) is 63.3 Å². The predicted molar refractivity (Wildman–Crippen MR) is 82.2 cm³/mol. The average Bonchev–Trinajstić information content (AvgIpc) is 2.48. The number of ether oxygens (including phenoxy) is 1.